The summed E-state index contributed by atoms with van der Waals surface area (Å²) in [6.07, 6.45) is -6.61. The zero-order valence-electron chi connectivity index (χ0n) is 15.6. The first-order valence-corrected chi connectivity index (χ1v) is 8.95. The molecule has 0 radical (unpaired) electrons. The van der Waals surface area contributed by atoms with Gasteiger partial charge in [-0.2, -0.15) is 18.3 Å². The number of nitrogens with zero attached hydrogens (tertiary/aromatic N) is 3. The molecule has 0 atom stereocenters. The predicted molar refractivity (Wildman–Crippen MR) is 103 cm³/mol. The lowest BCUT2D eigenvalue weighted by Crippen LogP contribution is -2.17. The van der Waals surface area contributed by atoms with E-state index in [0.717, 1.165) is 28.9 Å². The molecule has 0 unspecified atom stereocenters. The number of carbonyl (C=O) groups excluding carboxylic acids is 1. The summed E-state index contributed by atoms with van der Waals surface area (Å²) in [4.78, 5) is 17.0. The van der Waals surface area contributed by atoms with Crippen LogP contribution in [0.25, 0.3) is 16.9 Å². The van der Waals surface area contributed by atoms with E-state index >= 15 is 0 Å². The number of anilines is 1. The summed E-state index contributed by atoms with van der Waals surface area (Å²) in [6, 6.07) is 14.0. The Morgan fingerprint density at radius 2 is 1.68 bits per heavy atom. The van der Waals surface area contributed by atoms with Crippen LogP contribution in [-0.4, -0.2) is 20.5 Å². The van der Waals surface area contributed by atoms with E-state index in [0.29, 0.717) is 5.56 Å². The number of hydrogen-bond acceptors (Lipinski definition) is 3. The molecular weight excluding hydrogens is 419 g/mol. The van der Waals surface area contributed by atoms with Gasteiger partial charge in [-0.3, -0.25) is 4.79 Å². The third-order valence-corrected chi connectivity index (χ3v) is 4.52. The molecule has 10 heteroatoms. The second kappa shape index (κ2) is 7.78. The Kier molecular flexibility index (Phi) is 5.14. The Morgan fingerprint density at radius 1 is 1.00 bits per heavy atom. The average molecular weight is 432 g/mol. The van der Waals surface area contributed by atoms with Gasteiger partial charge in [0, 0.05) is 5.56 Å². The van der Waals surface area contributed by atoms with Crippen molar-refractivity contribution in [3.63, 3.8) is 0 Å². The molecule has 2 aromatic carbocycles. The van der Waals surface area contributed by atoms with Crippen LogP contribution in [0.1, 0.15) is 28.0 Å². The largest absolute Gasteiger partial charge is 0.418 e. The molecule has 31 heavy (non-hydrogen) atoms. The van der Waals surface area contributed by atoms with E-state index in [2.05, 4.69) is 15.4 Å². The summed E-state index contributed by atoms with van der Waals surface area (Å²) < 4.78 is 67.7. The average Bonchev–Trinajstić information content (AvgIpc) is 3.17. The van der Waals surface area contributed by atoms with Crippen molar-refractivity contribution in [1.29, 1.82) is 0 Å². The van der Waals surface area contributed by atoms with Gasteiger partial charge in [-0.15, -0.1) is 0 Å². The van der Waals surface area contributed by atoms with E-state index in [1.54, 1.807) is 30.3 Å². The van der Waals surface area contributed by atoms with Gasteiger partial charge in [0.05, 0.1) is 23.1 Å². The number of carbonyl (C=O) groups is 1. The van der Waals surface area contributed by atoms with Gasteiger partial charge in [0.25, 0.3) is 12.3 Å². The van der Waals surface area contributed by atoms with Gasteiger partial charge >= 0.3 is 6.18 Å². The van der Waals surface area contributed by atoms with Gasteiger partial charge in [-0.05, 0) is 18.2 Å². The Labute approximate surface area is 172 Å². The fourth-order valence-corrected chi connectivity index (χ4v) is 3.09. The normalized spacial score (nSPS) is 11.8. The Morgan fingerprint density at radius 3 is 2.35 bits per heavy atom. The number of para-hydroxylation sites is 1. The second-order valence-electron chi connectivity index (χ2n) is 6.52. The minimum absolute atomic E-state index is 0.175. The van der Waals surface area contributed by atoms with Gasteiger partial charge < -0.3 is 5.32 Å². The number of amides is 1. The van der Waals surface area contributed by atoms with Crippen molar-refractivity contribution >= 4 is 17.2 Å². The third-order valence-electron chi connectivity index (χ3n) is 4.52. The molecule has 0 spiro atoms. The number of halogens is 5. The van der Waals surface area contributed by atoms with Crippen molar-refractivity contribution in [1.82, 2.24) is 14.6 Å². The molecule has 0 saturated carbocycles. The first-order chi connectivity index (χ1) is 14.8. The molecule has 2 heterocycles. The van der Waals surface area contributed by atoms with Crippen LogP contribution < -0.4 is 5.32 Å². The van der Waals surface area contributed by atoms with Crippen molar-refractivity contribution in [3.8, 4) is 11.3 Å². The minimum Gasteiger partial charge on any atom is -0.321 e. The first kappa shape index (κ1) is 20.5. The standard InChI is InChI=1S/C21H13F5N4O/c22-18(23)17-10-16(12-6-2-1-3-7-12)28-19-13(11-27-30(17)19)20(31)29-15-9-5-4-8-14(15)21(24,25)26/h1-11,18H,(H,29,31). The smallest absolute Gasteiger partial charge is 0.321 e. The molecule has 1 amide bonds. The van der Waals surface area contributed by atoms with Crippen LogP contribution in [0.5, 0.6) is 0 Å². The summed E-state index contributed by atoms with van der Waals surface area (Å²) in [6.45, 7) is 0. The highest BCUT2D eigenvalue weighted by Gasteiger charge is 2.34. The SMILES string of the molecule is O=C(Nc1ccccc1C(F)(F)F)c1cnn2c(C(F)F)cc(-c3ccccc3)nc12. The zero-order valence-corrected chi connectivity index (χ0v) is 15.6. The molecule has 1 N–H and O–H groups in total. The molecule has 0 aliphatic rings. The van der Waals surface area contributed by atoms with E-state index in [1.165, 1.54) is 12.1 Å². The number of benzene rings is 2. The molecule has 0 aliphatic carbocycles. The van der Waals surface area contributed by atoms with Gasteiger partial charge in [0.1, 0.15) is 11.3 Å². The quantitative estimate of drug-likeness (QED) is 0.427. The number of aromatic nitrogens is 3. The van der Waals surface area contributed by atoms with Crippen LogP contribution in [0.2, 0.25) is 0 Å². The van der Waals surface area contributed by atoms with Crippen LogP contribution in [0.4, 0.5) is 27.6 Å². The molecule has 158 valence electrons. The molecule has 4 aromatic rings. The Bertz CT molecular complexity index is 1250. The van der Waals surface area contributed by atoms with Crippen molar-refractivity contribution in [2.45, 2.75) is 12.6 Å². The lowest BCUT2D eigenvalue weighted by atomic mass is 10.1. The topological polar surface area (TPSA) is 59.3 Å². The van der Waals surface area contributed by atoms with E-state index in [-0.39, 0.29) is 16.9 Å². The van der Waals surface area contributed by atoms with Gasteiger partial charge in [0.15, 0.2) is 5.65 Å². The Hall–Kier alpha value is -3.82. The number of fused-ring (bicyclic) bond motifs is 1. The molecule has 0 aliphatic heterocycles. The highest BCUT2D eigenvalue weighted by atomic mass is 19.4. The molecule has 0 saturated heterocycles. The molecular formula is C21H13F5N4O. The lowest BCUT2D eigenvalue weighted by Gasteiger charge is -2.13. The van der Waals surface area contributed by atoms with Crippen LogP contribution >= 0.6 is 0 Å². The van der Waals surface area contributed by atoms with Crippen LogP contribution in [-0.2, 0) is 6.18 Å². The summed E-state index contributed by atoms with van der Waals surface area (Å²) in [5.74, 6) is -0.954. The fourth-order valence-electron chi connectivity index (χ4n) is 3.09. The lowest BCUT2D eigenvalue weighted by molar-refractivity contribution is -0.136. The summed E-state index contributed by atoms with van der Waals surface area (Å²) in [5, 5.41) is 5.98. The van der Waals surface area contributed by atoms with E-state index in [1.807, 2.05) is 0 Å². The molecule has 0 fully saturated rings. The molecule has 5 nitrogen and oxygen atoms in total. The summed E-state index contributed by atoms with van der Waals surface area (Å²) in [5.41, 5.74) is -1.73. The monoisotopic (exact) mass is 432 g/mol. The van der Waals surface area contributed by atoms with Crippen molar-refractivity contribution in [3.05, 3.63) is 83.7 Å². The molecule has 4 rings (SSSR count). The number of alkyl halides is 5. The Balaban J connectivity index is 1.80. The predicted octanol–water partition coefficient (Wildman–Crippen LogP) is 5.61. The maximum absolute atomic E-state index is 13.6. The van der Waals surface area contributed by atoms with Crippen LogP contribution in [0.15, 0.2) is 66.9 Å². The van der Waals surface area contributed by atoms with Crippen LogP contribution in [0.3, 0.4) is 0 Å². The van der Waals surface area contributed by atoms with Gasteiger partial charge in [-0.25, -0.2) is 18.3 Å². The number of hydrogen-bond donors (Lipinski definition) is 1. The third kappa shape index (κ3) is 3.96. The van der Waals surface area contributed by atoms with E-state index in [9.17, 15) is 26.7 Å². The van der Waals surface area contributed by atoms with Crippen molar-refractivity contribution in [2.75, 3.05) is 5.32 Å². The van der Waals surface area contributed by atoms with E-state index < -0.39 is 35.5 Å². The number of nitrogens with one attached hydrogen (secondary N) is 1. The zero-order chi connectivity index (χ0) is 22.2. The van der Waals surface area contributed by atoms with Crippen molar-refractivity contribution in [2.24, 2.45) is 0 Å². The van der Waals surface area contributed by atoms with Crippen LogP contribution in [0, 0.1) is 0 Å². The maximum Gasteiger partial charge on any atom is 0.418 e. The highest BCUT2D eigenvalue weighted by Crippen LogP contribution is 2.35. The highest BCUT2D eigenvalue weighted by molar-refractivity contribution is 6.08. The van der Waals surface area contributed by atoms with Crippen molar-refractivity contribution < 1.29 is 26.7 Å². The first-order valence-electron chi connectivity index (χ1n) is 8.95. The number of rotatable bonds is 4. The maximum atomic E-state index is 13.6. The van der Waals surface area contributed by atoms with E-state index in [4.69, 9.17) is 0 Å². The van der Waals surface area contributed by atoms with Gasteiger partial charge in [-0.1, -0.05) is 42.5 Å². The van der Waals surface area contributed by atoms with Gasteiger partial charge in [0.2, 0.25) is 0 Å². The minimum atomic E-state index is -4.69. The second-order valence-corrected chi connectivity index (χ2v) is 6.52. The summed E-state index contributed by atoms with van der Waals surface area (Å²) >= 11 is 0. The molecule has 0 bridgehead atoms. The molecule has 2 aromatic heterocycles. The summed E-state index contributed by atoms with van der Waals surface area (Å²) in [7, 11) is 0. The fraction of sp³-hybridized carbons (Fsp3) is 0.0952.